The summed E-state index contributed by atoms with van der Waals surface area (Å²) in [7, 11) is 0. The minimum atomic E-state index is 0.449. The molecule has 0 aliphatic heterocycles. The SMILES string of the molecule is CCCCCc1ccc(NCc2cncn2C(C)C)cc1. The third kappa shape index (κ3) is 4.62. The number of nitrogens with one attached hydrogen (secondary N) is 1. The topological polar surface area (TPSA) is 29.9 Å². The van der Waals surface area contributed by atoms with Crippen LogP contribution in [0.25, 0.3) is 0 Å². The number of nitrogens with zero attached hydrogens (tertiary/aromatic N) is 2. The second-order valence-corrected chi connectivity index (χ2v) is 5.89. The Kier molecular flexibility index (Phi) is 5.85. The predicted molar refractivity (Wildman–Crippen MR) is 89.6 cm³/mol. The lowest BCUT2D eigenvalue weighted by Gasteiger charge is -2.13. The van der Waals surface area contributed by atoms with Crippen LogP contribution in [0.15, 0.2) is 36.8 Å². The van der Waals surface area contributed by atoms with E-state index < -0.39 is 0 Å². The van der Waals surface area contributed by atoms with Gasteiger partial charge < -0.3 is 9.88 Å². The Morgan fingerprint density at radius 1 is 1.14 bits per heavy atom. The quantitative estimate of drug-likeness (QED) is 0.705. The van der Waals surface area contributed by atoms with Gasteiger partial charge in [-0.15, -0.1) is 0 Å². The maximum Gasteiger partial charge on any atom is 0.0951 e. The van der Waals surface area contributed by atoms with E-state index in [1.54, 1.807) is 0 Å². The van der Waals surface area contributed by atoms with E-state index in [9.17, 15) is 0 Å². The third-order valence-electron chi connectivity index (χ3n) is 3.80. The van der Waals surface area contributed by atoms with Gasteiger partial charge in [-0.3, -0.25) is 0 Å². The molecule has 0 aliphatic carbocycles. The summed E-state index contributed by atoms with van der Waals surface area (Å²) in [6, 6.07) is 9.27. The summed E-state index contributed by atoms with van der Waals surface area (Å²) in [5.74, 6) is 0. The minimum Gasteiger partial charge on any atom is -0.379 e. The highest BCUT2D eigenvalue weighted by molar-refractivity contribution is 5.44. The van der Waals surface area contributed by atoms with Crippen LogP contribution in [0.5, 0.6) is 0 Å². The van der Waals surface area contributed by atoms with Crippen LogP contribution in [-0.2, 0) is 13.0 Å². The van der Waals surface area contributed by atoms with Crippen LogP contribution in [0, 0.1) is 0 Å². The standard InChI is InChI=1S/C18H27N3/c1-4-5-6-7-16-8-10-17(11-9-16)20-13-18-12-19-14-21(18)15(2)3/h8-12,14-15,20H,4-7,13H2,1-3H3. The van der Waals surface area contributed by atoms with E-state index in [-0.39, 0.29) is 0 Å². The third-order valence-corrected chi connectivity index (χ3v) is 3.80. The molecular weight excluding hydrogens is 258 g/mol. The van der Waals surface area contributed by atoms with Crippen molar-refractivity contribution in [3.05, 3.63) is 48.0 Å². The van der Waals surface area contributed by atoms with E-state index in [1.165, 1.54) is 42.6 Å². The molecule has 3 nitrogen and oxygen atoms in total. The summed E-state index contributed by atoms with van der Waals surface area (Å²) in [5.41, 5.74) is 3.82. The van der Waals surface area contributed by atoms with E-state index in [2.05, 4.69) is 59.9 Å². The molecule has 0 unspecified atom stereocenters. The molecule has 1 aromatic carbocycles. The van der Waals surface area contributed by atoms with Crippen LogP contribution >= 0.6 is 0 Å². The largest absolute Gasteiger partial charge is 0.379 e. The zero-order valence-corrected chi connectivity index (χ0v) is 13.5. The molecule has 0 fully saturated rings. The summed E-state index contributed by atoms with van der Waals surface area (Å²) >= 11 is 0. The van der Waals surface area contributed by atoms with Gasteiger partial charge in [0.25, 0.3) is 0 Å². The number of benzene rings is 1. The first-order valence-electron chi connectivity index (χ1n) is 8.04. The van der Waals surface area contributed by atoms with Crippen molar-refractivity contribution < 1.29 is 0 Å². The minimum absolute atomic E-state index is 0.449. The number of imidazole rings is 1. The molecule has 0 atom stereocenters. The first kappa shape index (κ1) is 15.6. The predicted octanol–water partition coefficient (Wildman–Crippen LogP) is 4.81. The lowest BCUT2D eigenvalue weighted by Crippen LogP contribution is -2.08. The summed E-state index contributed by atoms with van der Waals surface area (Å²) in [4.78, 5) is 4.23. The highest BCUT2D eigenvalue weighted by Crippen LogP contribution is 2.15. The number of hydrogen-bond acceptors (Lipinski definition) is 2. The van der Waals surface area contributed by atoms with Crippen LogP contribution in [0.3, 0.4) is 0 Å². The number of aromatic nitrogens is 2. The zero-order valence-electron chi connectivity index (χ0n) is 13.5. The molecule has 21 heavy (non-hydrogen) atoms. The molecule has 0 saturated carbocycles. The molecule has 114 valence electrons. The molecule has 0 aliphatic rings. The van der Waals surface area contributed by atoms with Crippen LogP contribution in [0.4, 0.5) is 5.69 Å². The smallest absolute Gasteiger partial charge is 0.0951 e. The summed E-state index contributed by atoms with van der Waals surface area (Å²) < 4.78 is 2.20. The second-order valence-electron chi connectivity index (χ2n) is 5.89. The van der Waals surface area contributed by atoms with Crippen molar-refractivity contribution in [2.45, 2.75) is 59.0 Å². The van der Waals surface area contributed by atoms with Crippen LogP contribution in [-0.4, -0.2) is 9.55 Å². The van der Waals surface area contributed by atoms with Gasteiger partial charge in [0.1, 0.15) is 0 Å². The van der Waals surface area contributed by atoms with Gasteiger partial charge >= 0.3 is 0 Å². The Morgan fingerprint density at radius 2 is 1.90 bits per heavy atom. The summed E-state index contributed by atoms with van der Waals surface area (Å²) in [6.45, 7) is 7.41. The van der Waals surface area contributed by atoms with E-state index in [1.807, 2.05) is 12.5 Å². The fourth-order valence-electron chi connectivity index (χ4n) is 2.49. The number of aryl methyl sites for hydroxylation is 1. The fraction of sp³-hybridized carbons (Fsp3) is 0.500. The van der Waals surface area contributed by atoms with Crippen molar-refractivity contribution >= 4 is 5.69 Å². The van der Waals surface area contributed by atoms with Crippen molar-refractivity contribution in [2.24, 2.45) is 0 Å². The number of hydrogen-bond donors (Lipinski definition) is 1. The fourth-order valence-corrected chi connectivity index (χ4v) is 2.49. The number of anilines is 1. The van der Waals surface area contributed by atoms with Gasteiger partial charge in [-0.05, 0) is 44.4 Å². The van der Waals surface area contributed by atoms with E-state index >= 15 is 0 Å². The molecule has 0 saturated heterocycles. The Morgan fingerprint density at radius 3 is 2.57 bits per heavy atom. The molecule has 3 heteroatoms. The Balaban J connectivity index is 1.87. The number of unbranched alkanes of at least 4 members (excludes halogenated alkanes) is 2. The van der Waals surface area contributed by atoms with Crippen molar-refractivity contribution in [3.8, 4) is 0 Å². The first-order chi connectivity index (χ1) is 10.2. The Hall–Kier alpha value is -1.77. The highest BCUT2D eigenvalue weighted by Gasteiger charge is 2.04. The second kappa shape index (κ2) is 7.87. The van der Waals surface area contributed by atoms with E-state index in [0.29, 0.717) is 6.04 Å². The molecule has 0 bridgehead atoms. The normalized spacial score (nSPS) is 11.0. The van der Waals surface area contributed by atoms with E-state index in [4.69, 9.17) is 0 Å². The zero-order chi connectivity index (χ0) is 15.1. The lowest BCUT2D eigenvalue weighted by atomic mass is 10.1. The molecule has 0 amide bonds. The van der Waals surface area contributed by atoms with E-state index in [0.717, 1.165) is 6.54 Å². The maximum atomic E-state index is 4.23. The molecule has 1 heterocycles. The van der Waals surface area contributed by atoms with Gasteiger partial charge in [-0.25, -0.2) is 4.98 Å². The molecule has 0 radical (unpaired) electrons. The van der Waals surface area contributed by atoms with Crippen LogP contribution in [0.2, 0.25) is 0 Å². The van der Waals surface area contributed by atoms with Crippen molar-refractivity contribution in [1.82, 2.24) is 9.55 Å². The first-order valence-corrected chi connectivity index (χ1v) is 8.04. The average molecular weight is 285 g/mol. The van der Waals surface area contributed by atoms with Crippen molar-refractivity contribution in [1.29, 1.82) is 0 Å². The van der Waals surface area contributed by atoms with Crippen molar-refractivity contribution in [3.63, 3.8) is 0 Å². The van der Waals surface area contributed by atoms with Gasteiger partial charge in [-0.2, -0.15) is 0 Å². The molecule has 2 aromatic rings. The maximum absolute atomic E-state index is 4.23. The van der Waals surface area contributed by atoms with Crippen LogP contribution in [0.1, 0.15) is 57.3 Å². The summed E-state index contributed by atoms with van der Waals surface area (Å²) in [6.07, 6.45) is 8.91. The van der Waals surface area contributed by atoms with Gasteiger partial charge in [0.2, 0.25) is 0 Å². The lowest BCUT2D eigenvalue weighted by molar-refractivity contribution is 0.577. The van der Waals surface area contributed by atoms with Gasteiger partial charge in [0.05, 0.1) is 18.6 Å². The van der Waals surface area contributed by atoms with Crippen molar-refractivity contribution in [2.75, 3.05) is 5.32 Å². The molecule has 2 rings (SSSR count). The van der Waals surface area contributed by atoms with Gasteiger partial charge in [0.15, 0.2) is 0 Å². The highest BCUT2D eigenvalue weighted by atomic mass is 15.1. The molecular formula is C18H27N3. The average Bonchev–Trinajstić information content (AvgIpc) is 2.95. The van der Waals surface area contributed by atoms with Gasteiger partial charge in [0, 0.05) is 17.9 Å². The Labute approximate surface area is 128 Å². The molecule has 1 aromatic heterocycles. The molecule has 1 N–H and O–H groups in total. The summed E-state index contributed by atoms with van der Waals surface area (Å²) in [5, 5.41) is 3.48. The van der Waals surface area contributed by atoms with Crippen LogP contribution < -0.4 is 5.32 Å². The monoisotopic (exact) mass is 285 g/mol. The Bertz CT molecular complexity index is 526. The number of rotatable bonds is 8. The van der Waals surface area contributed by atoms with Gasteiger partial charge in [-0.1, -0.05) is 31.9 Å². The molecule has 0 spiro atoms.